The van der Waals surface area contributed by atoms with Crippen LogP contribution in [0.2, 0.25) is 5.02 Å². The molecule has 1 N–H and O–H groups in total. The Kier molecular flexibility index (Phi) is 4.71. The molecular weight excluding hydrogens is 336 g/mol. The predicted molar refractivity (Wildman–Crippen MR) is 88.2 cm³/mol. The van der Waals surface area contributed by atoms with Gasteiger partial charge in [0.2, 0.25) is 0 Å². The summed E-state index contributed by atoms with van der Waals surface area (Å²) in [4.78, 5) is 2.60. The number of benzene rings is 1. The Balaban J connectivity index is 1.49. The van der Waals surface area contributed by atoms with Crippen LogP contribution in [0.3, 0.4) is 0 Å². The number of nitrogens with one attached hydrogen (secondary N) is 1. The molecule has 2 bridgehead atoms. The van der Waals surface area contributed by atoms with E-state index < -0.39 is 0 Å². The van der Waals surface area contributed by atoms with Crippen LogP contribution < -0.4 is 5.32 Å². The van der Waals surface area contributed by atoms with Crippen molar-refractivity contribution in [3.05, 3.63) is 33.3 Å². The standard InChI is InChI=1S/C16H22BrClN2/c1-20-14-4-5-15(20)7-11(6-14)9-19-10-12-2-3-13(18)8-16(12)17/h2-3,8,11,14-15,19H,4-7,9-10H2,1H3. The molecule has 4 heteroatoms. The van der Waals surface area contributed by atoms with E-state index in [4.69, 9.17) is 11.6 Å². The van der Waals surface area contributed by atoms with Crippen LogP contribution in [0.1, 0.15) is 31.2 Å². The average Bonchev–Trinajstić information content (AvgIpc) is 2.64. The predicted octanol–water partition coefficient (Wildman–Crippen LogP) is 4.06. The van der Waals surface area contributed by atoms with Gasteiger partial charge in [0.15, 0.2) is 0 Å². The molecule has 20 heavy (non-hydrogen) atoms. The first-order chi connectivity index (χ1) is 9.63. The summed E-state index contributed by atoms with van der Waals surface area (Å²) >= 11 is 9.55. The molecule has 2 aliphatic rings. The average molecular weight is 358 g/mol. The Hall–Kier alpha value is -0.0900. The van der Waals surface area contributed by atoms with Crippen molar-refractivity contribution in [2.45, 2.75) is 44.3 Å². The Morgan fingerprint density at radius 1 is 1.30 bits per heavy atom. The van der Waals surface area contributed by atoms with E-state index in [9.17, 15) is 0 Å². The fourth-order valence-corrected chi connectivity index (χ4v) is 4.59. The number of fused-ring (bicyclic) bond motifs is 2. The van der Waals surface area contributed by atoms with Crippen LogP contribution in [0.15, 0.2) is 22.7 Å². The van der Waals surface area contributed by atoms with Crippen molar-refractivity contribution in [3.63, 3.8) is 0 Å². The summed E-state index contributed by atoms with van der Waals surface area (Å²) in [5, 5.41) is 4.41. The second kappa shape index (κ2) is 6.35. The minimum Gasteiger partial charge on any atom is -0.312 e. The highest BCUT2D eigenvalue weighted by molar-refractivity contribution is 9.10. The third-order valence-corrected chi connectivity index (χ3v) is 5.93. The quantitative estimate of drug-likeness (QED) is 0.874. The van der Waals surface area contributed by atoms with E-state index in [-0.39, 0.29) is 0 Å². The minimum atomic E-state index is 0.785. The smallest absolute Gasteiger partial charge is 0.0417 e. The van der Waals surface area contributed by atoms with E-state index >= 15 is 0 Å². The molecule has 2 unspecified atom stereocenters. The number of nitrogens with zero attached hydrogens (tertiary/aromatic N) is 1. The summed E-state index contributed by atoms with van der Waals surface area (Å²) in [6.07, 6.45) is 5.53. The van der Waals surface area contributed by atoms with Gasteiger partial charge in [0.05, 0.1) is 0 Å². The van der Waals surface area contributed by atoms with Gasteiger partial charge in [0.1, 0.15) is 0 Å². The van der Waals surface area contributed by atoms with Crippen LogP contribution in [-0.4, -0.2) is 30.6 Å². The Morgan fingerprint density at radius 2 is 2.00 bits per heavy atom. The molecule has 2 aliphatic heterocycles. The number of halogens is 2. The summed E-state index contributed by atoms with van der Waals surface area (Å²) in [6.45, 7) is 2.05. The first-order valence-electron chi connectivity index (χ1n) is 7.50. The van der Waals surface area contributed by atoms with Gasteiger partial charge in [0.25, 0.3) is 0 Å². The van der Waals surface area contributed by atoms with Crippen molar-refractivity contribution < 1.29 is 0 Å². The molecule has 0 amide bonds. The van der Waals surface area contributed by atoms with Crippen LogP contribution in [0, 0.1) is 5.92 Å². The van der Waals surface area contributed by atoms with Gasteiger partial charge in [-0.15, -0.1) is 0 Å². The molecule has 1 aromatic carbocycles. The molecule has 1 aromatic rings. The lowest BCUT2D eigenvalue weighted by Crippen LogP contribution is -2.42. The van der Waals surface area contributed by atoms with E-state index in [1.807, 2.05) is 12.1 Å². The van der Waals surface area contributed by atoms with Gasteiger partial charge in [-0.1, -0.05) is 33.6 Å². The summed E-state index contributed by atoms with van der Waals surface area (Å²) in [6, 6.07) is 7.69. The third kappa shape index (κ3) is 3.22. The van der Waals surface area contributed by atoms with E-state index in [0.29, 0.717) is 0 Å². The van der Waals surface area contributed by atoms with Crippen molar-refractivity contribution in [2.75, 3.05) is 13.6 Å². The van der Waals surface area contributed by atoms with Crippen molar-refractivity contribution >= 4 is 27.5 Å². The monoisotopic (exact) mass is 356 g/mol. The third-order valence-electron chi connectivity index (χ3n) is 4.96. The zero-order valence-electron chi connectivity index (χ0n) is 11.9. The molecule has 0 spiro atoms. The van der Waals surface area contributed by atoms with Gasteiger partial charge in [-0.2, -0.15) is 0 Å². The van der Waals surface area contributed by atoms with Gasteiger partial charge >= 0.3 is 0 Å². The van der Waals surface area contributed by atoms with Crippen LogP contribution in [0.4, 0.5) is 0 Å². The van der Waals surface area contributed by atoms with Crippen molar-refractivity contribution in [3.8, 4) is 0 Å². The van der Waals surface area contributed by atoms with Gasteiger partial charge < -0.3 is 10.2 Å². The second-order valence-corrected chi connectivity index (χ2v) is 7.55. The lowest BCUT2D eigenvalue weighted by atomic mass is 9.91. The maximum absolute atomic E-state index is 5.97. The van der Waals surface area contributed by atoms with E-state index in [2.05, 4.69) is 39.3 Å². The molecule has 2 atom stereocenters. The summed E-state index contributed by atoms with van der Waals surface area (Å²) in [7, 11) is 2.30. The number of piperidine rings is 1. The van der Waals surface area contributed by atoms with Crippen molar-refractivity contribution in [2.24, 2.45) is 5.92 Å². The molecule has 2 heterocycles. The molecule has 0 aliphatic carbocycles. The highest BCUT2D eigenvalue weighted by atomic mass is 79.9. The Labute approximate surface area is 135 Å². The number of rotatable bonds is 4. The first-order valence-corrected chi connectivity index (χ1v) is 8.67. The van der Waals surface area contributed by atoms with E-state index in [1.165, 1.54) is 31.2 Å². The molecule has 2 saturated heterocycles. The summed E-state index contributed by atoms with van der Waals surface area (Å²) in [5.41, 5.74) is 1.28. The van der Waals surface area contributed by atoms with Gasteiger partial charge in [-0.3, -0.25) is 0 Å². The molecule has 0 saturated carbocycles. The molecule has 2 fully saturated rings. The SMILES string of the molecule is CN1C2CCC1CC(CNCc1ccc(Cl)cc1Br)C2. The normalized spacial score (nSPS) is 29.9. The van der Waals surface area contributed by atoms with E-state index in [0.717, 1.165) is 40.6 Å². The van der Waals surface area contributed by atoms with Crippen LogP contribution in [0.25, 0.3) is 0 Å². The van der Waals surface area contributed by atoms with Crippen LogP contribution >= 0.6 is 27.5 Å². The first kappa shape index (κ1) is 14.8. The lowest BCUT2D eigenvalue weighted by molar-refractivity contribution is 0.133. The molecular formula is C16H22BrClN2. The molecule has 0 aromatic heterocycles. The Morgan fingerprint density at radius 3 is 2.65 bits per heavy atom. The fraction of sp³-hybridized carbons (Fsp3) is 0.625. The minimum absolute atomic E-state index is 0.785. The summed E-state index contributed by atoms with van der Waals surface area (Å²) < 4.78 is 1.10. The number of hydrogen-bond donors (Lipinski definition) is 1. The highest BCUT2D eigenvalue weighted by Gasteiger charge is 2.37. The Bertz CT molecular complexity index is 466. The zero-order valence-corrected chi connectivity index (χ0v) is 14.3. The maximum atomic E-state index is 5.97. The molecule has 2 nitrogen and oxygen atoms in total. The fourth-order valence-electron chi connectivity index (χ4n) is 3.77. The van der Waals surface area contributed by atoms with Gasteiger partial charge in [-0.05, 0) is 62.9 Å². The maximum Gasteiger partial charge on any atom is 0.0417 e. The van der Waals surface area contributed by atoms with Gasteiger partial charge in [0, 0.05) is 28.1 Å². The van der Waals surface area contributed by atoms with Crippen molar-refractivity contribution in [1.82, 2.24) is 10.2 Å². The lowest BCUT2D eigenvalue weighted by Gasteiger charge is -2.36. The van der Waals surface area contributed by atoms with Gasteiger partial charge in [-0.25, -0.2) is 0 Å². The largest absolute Gasteiger partial charge is 0.312 e. The molecule has 110 valence electrons. The van der Waals surface area contributed by atoms with Crippen LogP contribution in [-0.2, 0) is 6.54 Å². The van der Waals surface area contributed by atoms with E-state index in [1.54, 1.807) is 0 Å². The zero-order chi connectivity index (χ0) is 14.1. The van der Waals surface area contributed by atoms with Crippen molar-refractivity contribution in [1.29, 1.82) is 0 Å². The number of hydrogen-bond acceptors (Lipinski definition) is 2. The topological polar surface area (TPSA) is 15.3 Å². The summed E-state index contributed by atoms with van der Waals surface area (Å²) in [5.74, 6) is 0.842. The second-order valence-electron chi connectivity index (χ2n) is 6.25. The van der Waals surface area contributed by atoms with Crippen LogP contribution in [0.5, 0.6) is 0 Å². The molecule has 0 radical (unpaired) electrons. The molecule has 3 rings (SSSR count). The highest BCUT2D eigenvalue weighted by Crippen LogP contribution is 2.37.